The van der Waals surface area contributed by atoms with Gasteiger partial charge in [0.15, 0.2) is 5.78 Å². The van der Waals surface area contributed by atoms with Gasteiger partial charge in [-0.3, -0.25) is 9.69 Å². The summed E-state index contributed by atoms with van der Waals surface area (Å²) < 4.78 is 4.82. The Morgan fingerprint density at radius 2 is 1.88 bits per heavy atom. The average Bonchev–Trinajstić information content (AvgIpc) is 2.88. The lowest BCUT2D eigenvalue weighted by Gasteiger charge is -2.41. The van der Waals surface area contributed by atoms with Gasteiger partial charge in [0.25, 0.3) is 0 Å². The van der Waals surface area contributed by atoms with Crippen LogP contribution in [-0.2, 0) is 4.74 Å². The summed E-state index contributed by atoms with van der Waals surface area (Å²) in [6.45, 7) is 6.11. The number of hydrogen-bond acceptors (Lipinski definition) is 4. The number of nitrogens with one attached hydrogen (secondary N) is 1. The number of fused-ring (bicyclic) bond motifs is 1. The number of rotatable bonds is 4. The molecule has 2 unspecified atom stereocenters. The van der Waals surface area contributed by atoms with E-state index in [1.54, 1.807) is 0 Å². The fourth-order valence-electron chi connectivity index (χ4n) is 4.54. The fraction of sp³-hybridized carbons (Fsp3) is 0.684. The number of H-pyrrole nitrogens is 1. The summed E-state index contributed by atoms with van der Waals surface area (Å²) in [6.07, 6.45) is 6.60. The normalized spacial score (nSPS) is 24.5. The number of likely N-dealkylation sites (tertiary alicyclic amines) is 1. The quantitative estimate of drug-likeness (QED) is 0.680. The summed E-state index contributed by atoms with van der Waals surface area (Å²) in [5, 5.41) is 0. The van der Waals surface area contributed by atoms with Gasteiger partial charge in [0.05, 0.1) is 24.9 Å². The van der Waals surface area contributed by atoms with Crippen LogP contribution in [0.4, 0.5) is 0 Å². The molecule has 2 heterocycles. The number of aromatic amines is 1. The van der Waals surface area contributed by atoms with E-state index < -0.39 is 0 Å². The van der Waals surface area contributed by atoms with Crippen molar-refractivity contribution in [2.24, 2.45) is 11.8 Å². The number of aryl methyl sites for hydroxylation is 1. The molecule has 132 valence electrons. The van der Waals surface area contributed by atoms with Gasteiger partial charge in [0, 0.05) is 12.2 Å². The van der Waals surface area contributed by atoms with Crippen molar-refractivity contribution in [3.8, 4) is 0 Å². The zero-order chi connectivity index (χ0) is 17.3. The Kier molecular flexibility index (Phi) is 5.09. The van der Waals surface area contributed by atoms with Crippen LogP contribution < -0.4 is 0 Å². The topological polar surface area (TPSA) is 62.4 Å². The number of ketones is 1. The highest BCUT2D eigenvalue weighted by Gasteiger charge is 2.32. The van der Waals surface area contributed by atoms with E-state index >= 15 is 0 Å². The molecule has 2 fully saturated rings. The first kappa shape index (κ1) is 17.2. The van der Waals surface area contributed by atoms with Gasteiger partial charge in [-0.2, -0.15) is 0 Å². The summed E-state index contributed by atoms with van der Waals surface area (Å²) in [5.41, 5.74) is 2.45. The number of hydrogen-bond donors (Lipinski definition) is 1. The van der Waals surface area contributed by atoms with Crippen LogP contribution >= 0.6 is 0 Å². The Hall–Kier alpha value is -1.62. The molecule has 0 amide bonds. The van der Waals surface area contributed by atoms with E-state index in [-0.39, 0.29) is 11.8 Å². The summed E-state index contributed by atoms with van der Waals surface area (Å²) in [5.74, 6) is 1.31. The zero-order valence-electron chi connectivity index (χ0n) is 15.0. The number of ether oxygens (including phenoxy) is 1. The van der Waals surface area contributed by atoms with E-state index in [1.165, 1.54) is 39.2 Å². The molecular formula is C19H28N2O3. The molecule has 1 N–H and O–H groups in total. The average molecular weight is 332 g/mol. The van der Waals surface area contributed by atoms with Crippen molar-refractivity contribution >= 4 is 11.8 Å². The van der Waals surface area contributed by atoms with Crippen molar-refractivity contribution in [3.63, 3.8) is 0 Å². The van der Waals surface area contributed by atoms with Crippen molar-refractivity contribution in [2.75, 3.05) is 26.7 Å². The first-order chi connectivity index (χ1) is 11.5. The monoisotopic (exact) mass is 332 g/mol. The molecule has 1 aliphatic heterocycles. The van der Waals surface area contributed by atoms with Crippen LogP contribution in [0, 0.1) is 25.7 Å². The molecule has 1 saturated carbocycles. The summed E-state index contributed by atoms with van der Waals surface area (Å²) in [7, 11) is 1.37. The Bertz CT molecular complexity index is 635. The predicted octanol–water partition coefficient (Wildman–Crippen LogP) is 3.11. The van der Waals surface area contributed by atoms with Gasteiger partial charge in [-0.1, -0.05) is 19.3 Å². The van der Waals surface area contributed by atoms with Gasteiger partial charge < -0.3 is 9.72 Å². The maximum absolute atomic E-state index is 12.7. The fourth-order valence-corrected chi connectivity index (χ4v) is 4.54. The van der Waals surface area contributed by atoms with Crippen molar-refractivity contribution in [2.45, 2.75) is 46.0 Å². The molecule has 5 nitrogen and oxygen atoms in total. The van der Waals surface area contributed by atoms with Crippen LogP contribution in [-0.4, -0.2) is 48.4 Å². The molecule has 0 bridgehead atoms. The van der Waals surface area contributed by atoms with Gasteiger partial charge in [-0.25, -0.2) is 4.79 Å². The Balaban J connectivity index is 1.68. The Morgan fingerprint density at radius 1 is 1.17 bits per heavy atom. The first-order valence-electron chi connectivity index (χ1n) is 9.04. The molecule has 0 spiro atoms. The Morgan fingerprint density at radius 3 is 2.58 bits per heavy atom. The lowest BCUT2D eigenvalue weighted by atomic mass is 9.75. The van der Waals surface area contributed by atoms with Gasteiger partial charge in [0.1, 0.15) is 0 Å². The minimum absolute atomic E-state index is 0.0695. The van der Waals surface area contributed by atoms with Crippen LogP contribution in [0.1, 0.15) is 64.2 Å². The number of methoxy groups -OCH3 is 1. The highest BCUT2D eigenvalue weighted by Crippen LogP contribution is 2.36. The minimum Gasteiger partial charge on any atom is -0.465 e. The molecular weight excluding hydrogens is 304 g/mol. The molecule has 1 aliphatic carbocycles. The number of nitrogens with zero attached hydrogens (tertiary/aromatic N) is 1. The van der Waals surface area contributed by atoms with Gasteiger partial charge in [-0.15, -0.1) is 0 Å². The van der Waals surface area contributed by atoms with E-state index in [2.05, 4.69) is 9.88 Å². The SMILES string of the molecule is COC(=O)c1c(C)[nH]c(C(=O)CN2CCC3CCCCC3C2)c1C. The predicted molar refractivity (Wildman–Crippen MR) is 92.4 cm³/mol. The van der Waals surface area contributed by atoms with Crippen molar-refractivity contribution < 1.29 is 14.3 Å². The second kappa shape index (κ2) is 7.09. The van der Waals surface area contributed by atoms with E-state index in [9.17, 15) is 9.59 Å². The van der Waals surface area contributed by atoms with Crippen molar-refractivity contribution in [1.29, 1.82) is 0 Å². The number of Topliss-reactive ketones (excluding diaryl/α,β-unsaturated/α-hetero) is 1. The standard InChI is InChI=1S/C19H28N2O3/c1-12-17(19(23)24-3)13(2)20-18(12)16(22)11-21-9-8-14-6-4-5-7-15(14)10-21/h14-15,20H,4-11H2,1-3H3. The molecule has 1 aromatic rings. The van der Waals surface area contributed by atoms with Crippen molar-refractivity contribution in [1.82, 2.24) is 9.88 Å². The van der Waals surface area contributed by atoms with E-state index in [0.29, 0.717) is 29.1 Å². The summed E-state index contributed by atoms with van der Waals surface area (Å²) in [4.78, 5) is 30.0. The number of piperidine rings is 1. The molecule has 24 heavy (non-hydrogen) atoms. The van der Waals surface area contributed by atoms with Crippen molar-refractivity contribution in [3.05, 3.63) is 22.5 Å². The van der Waals surface area contributed by atoms with E-state index in [1.807, 2.05) is 13.8 Å². The molecule has 1 saturated heterocycles. The number of aromatic nitrogens is 1. The molecule has 0 radical (unpaired) electrons. The molecule has 2 atom stereocenters. The lowest BCUT2D eigenvalue weighted by Crippen LogP contribution is -2.44. The number of carbonyl (C=O) groups is 2. The highest BCUT2D eigenvalue weighted by atomic mass is 16.5. The minimum atomic E-state index is -0.386. The molecule has 2 aliphatic rings. The molecule has 3 rings (SSSR count). The number of carbonyl (C=O) groups excluding carboxylic acids is 2. The van der Waals surface area contributed by atoms with Crippen LogP contribution in [0.25, 0.3) is 0 Å². The summed E-state index contributed by atoms with van der Waals surface area (Å²) in [6, 6.07) is 0. The van der Waals surface area contributed by atoms with Gasteiger partial charge >= 0.3 is 5.97 Å². The van der Waals surface area contributed by atoms with E-state index in [0.717, 1.165) is 24.9 Å². The maximum atomic E-state index is 12.7. The van der Waals surface area contributed by atoms with Gasteiger partial charge in [-0.05, 0) is 50.6 Å². The van der Waals surface area contributed by atoms with Crippen LogP contribution in [0.5, 0.6) is 0 Å². The smallest absolute Gasteiger partial charge is 0.339 e. The van der Waals surface area contributed by atoms with Gasteiger partial charge in [0.2, 0.25) is 0 Å². The van der Waals surface area contributed by atoms with Crippen LogP contribution in [0.15, 0.2) is 0 Å². The molecule has 1 aromatic heterocycles. The number of esters is 1. The van der Waals surface area contributed by atoms with Crippen LogP contribution in [0.3, 0.4) is 0 Å². The summed E-state index contributed by atoms with van der Waals surface area (Å²) >= 11 is 0. The second-order valence-corrected chi connectivity index (χ2v) is 7.37. The van der Waals surface area contributed by atoms with E-state index in [4.69, 9.17) is 4.74 Å². The molecule has 0 aromatic carbocycles. The third-order valence-electron chi connectivity index (χ3n) is 5.85. The zero-order valence-corrected chi connectivity index (χ0v) is 15.0. The van der Waals surface area contributed by atoms with Crippen LogP contribution in [0.2, 0.25) is 0 Å². The Labute approximate surface area is 143 Å². The lowest BCUT2D eigenvalue weighted by molar-refractivity contribution is 0.0599. The largest absolute Gasteiger partial charge is 0.465 e. The molecule has 5 heteroatoms. The first-order valence-corrected chi connectivity index (χ1v) is 9.04. The second-order valence-electron chi connectivity index (χ2n) is 7.37. The third-order valence-corrected chi connectivity index (χ3v) is 5.85. The maximum Gasteiger partial charge on any atom is 0.339 e. The highest BCUT2D eigenvalue weighted by molar-refractivity contribution is 6.02. The third kappa shape index (κ3) is 3.27.